The molecule has 0 fully saturated rings. The van der Waals surface area contributed by atoms with Crippen LogP contribution in [0.2, 0.25) is 0 Å². The third-order valence-corrected chi connectivity index (χ3v) is 3.37. The second kappa shape index (κ2) is 5.26. The monoisotopic (exact) mass is 308 g/mol. The summed E-state index contributed by atoms with van der Waals surface area (Å²) in [4.78, 5) is 8.53. The van der Waals surface area contributed by atoms with Gasteiger partial charge in [-0.1, -0.05) is 0 Å². The number of imidazole rings is 1. The first-order chi connectivity index (χ1) is 10.5. The van der Waals surface area contributed by atoms with Crippen LogP contribution in [0.3, 0.4) is 0 Å². The van der Waals surface area contributed by atoms with Crippen molar-refractivity contribution in [1.82, 2.24) is 9.97 Å². The molecule has 0 bridgehead atoms. The van der Waals surface area contributed by atoms with E-state index in [-0.39, 0.29) is 23.6 Å². The van der Waals surface area contributed by atoms with E-state index < -0.39 is 11.7 Å². The predicted molar refractivity (Wildman–Crippen MR) is 71.3 cm³/mol. The number of rotatable bonds is 2. The number of H-pyrrole nitrogens is 1. The van der Waals surface area contributed by atoms with Gasteiger partial charge in [-0.2, -0.15) is 18.4 Å². The Kier molecular flexibility index (Phi) is 3.41. The molecule has 1 aromatic carbocycles. The predicted octanol–water partition coefficient (Wildman–Crippen LogP) is 2.70. The number of anilines is 1. The van der Waals surface area contributed by atoms with Crippen molar-refractivity contribution in [2.45, 2.75) is 12.7 Å². The minimum Gasteiger partial charge on any atom is -0.489 e. The Bertz CT molecular complexity index is 719. The van der Waals surface area contributed by atoms with Gasteiger partial charge in [-0.15, -0.1) is 0 Å². The molecule has 1 aromatic heterocycles. The first kappa shape index (κ1) is 14.3. The fourth-order valence-electron chi connectivity index (χ4n) is 2.39. The van der Waals surface area contributed by atoms with Gasteiger partial charge in [0.1, 0.15) is 12.2 Å². The lowest BCUT2D eigenvalue weighted by Gasteiger charge is -2.32. The highest BCUT2D eigenvalue weighted by Crippen LogP contribution is 2.44. The largest absolute Gasteiger partial charge is 0.489 e. The van der Waals surface area contributed by atoms with Crippen molar-refractivity contribution in [3.8, 4) is 11.8 Å². The molecule has 1 aliphatic heterocycles. The molecule has 22 heavy (non-hydrogen) atoms. The lowest BCUT2D eigenvalue weighted by atomic mass is 10.1. The zero-order valence-corrected chi connectivity index (χ0v) is 11.3. The molecule has 8 heteroatoms. The molecular formula is C14H11F3N4O. The molecule has 0 unspecified atom stereocenters. The molecule has 0 atom stereocenters. The van der Waals surface area contributed by atoms with Gasteiger partial charge in [-0.3, -0.25) is 0 Å². The number of nitriles is 1. The SMILES string of the molecule is N#Cc1cc2c(c(C(F)(F)F)c1)OCCN2Cc1cnc[nH]1. The fourth-order valence-corrected chi connectivity index (χ4v) is 2.39. The fraction of sp³-hybridized carbons (Fsp3) is 0.286. The molecule has 2 heterocycles. The molecule has 0 amide bonds. The van der Waals surface area contributed by atoms with Crippen LogP contribution in [0.1, 0.15) is 16.8 Å². The second-order valence-corrected chi connectivity index (χ2v) is 4.83. The number of hydrogen-bond acceptors (Lipinski definition) is 4. The van der Waals surface area contributed by atoms with Gasteiger partial charge in [-0.05, 0) is 12.1 Å². The number of hydrogen-bond donors (Lipinski definition) is 1. The van der Waals surface area contributed by atoms with Gasteiger partial charge in [0.2, 0.25) is 0 Å². The summed E-state index contributed by atoms with van der Waals surface area (Å²) in [6, 6.07) is 4.00. The summed E-state index contributed by atoms with van der Waals surface area (Å²) in [6.07, 6.45) is -1.47. The maximum atomic E-state index is 13.2. The Morgan fingerprint density at radius 1 is 1.41 bits per heavy atom. The smallest absolute Gasteiger partial charge is 0.420 e. The van der Waals surface area contributed by atoms with Crippen LogP contribution in [-0.4, -0.2) is 23.1 Å². The summed E-state index contributed by atoms with van der Waals surface area (Å²) in [6.45, 7) is 0.941. The molecule has 114 valence electrons. The Morgan fingerprint density at radius 3 is 2.86 bits per heavy atom. The van der Waals surface area contributed by atoms with Crippen LogP contribution in [0, 0.1) is 11.3 Å². The van der Waals surface area contributed by atoms with Crippen LogP contribution in [0.5, 0.6) is 5.75 Å². The molecule has 0 aliphatic carbocycles. The number of nitrogens with zero attached hydrogens (tertiary/aromatic N) is 3. The Morgan fingerprint density at radius 2 is 2.23 bits per heavy atom. The number of benzene rings is 1. The Labute approximate surface area is 123 Å². The maximum Gasteiger partial charge on any atom is 0.420 e. The molecule has 0 saturated heterocycles. The summed E-state index contributed by atoms with van der Waals surface area (Å²) in [5.74, 6) is -0.225. The number of fused-ring (bicyclic) bond motifs is 1. The molecule has 1 N–H and O–H groups in total. The highest BCUT2D eigenvalue weighted by molar-refractivity contribution is 5.67. The van der Waals surface area contributed by atoms with Gasteiger partial charge >= 0.3 is 6.18 Å². The summed E-state index contributed by atoms with van der Waals surface area (Å²) in [5.41, 5.74) is 0.0676. The van der Waals surface area contributed by atoms with E-state index in [0.717, 1.165) is 11.8 Å². The average Bonchev–Trinajstić information content (AvgIpc) is 2.98. The van der Waals surface area contributed by atoms with E-state index in [4.69, 9.17) is 10.00 Å². The number of aromatic nitrogens is 2. The number of ether oxygens (including phenoxy) is 1. The first-order valence-corrected chi connectivity index (χ1v) is 6.49. The summed E-state index contributed by atoms with van der Waals surface area (Å²) in [7, 11) is 0. The zero-order chi connectivity index (χ0) is 15.7. The van der Waals surface area contributed by atoms with Gasteiger partial charge in [0.05, 0.1) is 42.4 Å². The van der Waals surface area contributed by atoms with E-state index in [1.807, 2.05) is 0 Å². The van der Waals surface area contributed by atoms with Crippen LogP contribution >= 0.6 is 0 Å². The third kappa shape index (κ3) is 2.57. The average molecular weight is 308 g/mol. The van der Waals surface area contributed by atoms with Crippen LogP contribution in [0.4, 0.5) is 18.9 Å². The van der Waals surface area contributed by atoms with Crippen molar-refractivity contribution in [2.24, 2.45) is 0 Å². The topological polar surface area (TPSA) is 64.9 Å². The van der Waals surface area contributed by atoms with Gasteiger partial charge in [0.25, 0.3) is 0 Å². The highest BCUT2D eigenvalue weighted by atomic mass is 19.4. The highest BCUT2D eigenvalue weighted by Gasteiger charge is 2.38. The van der Waals surface area contributed by atoms with Crippen molar-refractivity contribution < 1.29 is 17.9 Å². The van der Waals surface area contributed by atoms with Gasteiger partial charge in [0, 0.05) is 6.20 Å². The molecule has 5 nitrogen and oxygen atoms in total. The Hall–Kier alpha value is -2.69. The number of aromatic amines is 1. The maximum absolute atomic E-state index is 13.2. The van der Waals surface area contributed by atoms with Crippen molar-refractivity contribution in [3.05, 3.63) is 41.5 Å². The van der Waals surface area contributed by atoms with E-state index >= 15 is 0 Å². The molecule has 0 saturated carbocycles. The van der Waals surface area contributed by atoms with E-state index in [1.165, 1.54) is 12.4 Å². The van der Waals surface area contributed by atoms with Crippen LogP contribution in [-0.2, 0) is 12.7 Å². The van der Waals surface area contributed by atoms with Gasteiger partial charge in [-0.25, -0.2) is 4.98 Å². The lowest BCUT2D eigenvalue weighted by molar-refractivity contribution is -0.139. The molecule has 1 aliphatic rings. The van der Waals surface area contributed by atoms with Crippen molar-refractivity contribution in [2.75, 3.05) is 18.1 Å². The number of nitrogens with one attached hydrogen (secondary N) is 1. The quantitative estimate of drug-likeness (QED) is 0.926. The number of alkyl halides is 3. The van der Waals surface area contributed by atoms with Gasteiger partial charge in [0.15, 0.2) is 5.75 Å². The Balaban J connectivity index is 2.07. The van der Waals surface area contributed by atoms with E-state index in [1.54, 1.807) is 17.2 Å². The van der Waals surface area contributed by atoms with Gasteiger partial charge < -0.3 is 14.6 Å². The molecular weight excluding hydrogens is 297 g/mol. The summed E-state index contributed by atoms with van der Waals surface area (Å²) in [5, 5.41) is 8.98. The minimum atomic E-state index is -4.58. The van der Waals surface area contributed by atoms with Crippen LogP contribution in [0.25, 0.3) is 0 Å². The molecule has 0 spiro atoms. The lowest BCUT2D eigenvalue weighted by Crippen LogP contribution is -2.33. The van der Waals surface area contributed by atoms with Crippen molar-refractivity contribution in [1.29, 1.82) is 5.26 Å². The van der Waals surface area contributed by atoms with Crippen molar-refractivity contribution >= 4 is 5.69 Å². The van der Waals surface area contributed by atoms with E-state index in [9.17, 15) is 13.2 Å². The minimum absolute atomic E-state index is 0.0498. The molecule has 0 radical (unpaired) electrons. The third-order valence-electron chi connectivity index (χ3n) is 3.37. The summed E-state index contributed by atoms with van der Waals surface area (Å²) < 4.78 is 44.8. The summed E-state index contributed by atoms with van der Waals surface area (Å²) >= 11 is 0. The van der Waals surface area contributed by atoms with E-state index in [0.29, 0.717) is 13.1 Å². The van der Waals surface area contributed by atoms with E-state index in [2.05, 4.69) is 9.97 Å². The normalized spacial score (nSPS) is 14.2. The zero-order valence-electron chi connectivity index (χ0n) is 11.3. The second-order valence-electron chi connectivity index (χ2n) is 4.83. The number of halogens is 3. The van der Waals surface area contributed by atoms with Crippen LogP contribution < -0.4 is 9.64 Å². The molecule has 3 rings (SSSR count). The molecule has 2 aromatic rings. The van der Waals surface area contributed by atoms with Crippen LogP contribution in [0.15, 0.2) is 24.7 Å². The van der Waals surface area contributed by atoms with Crippen molar-refractivity contribution in [3.63, 3.8) is 0 Å². The standard InChI is InChI=1S/C14H11F3N4O/c15-14(16,17)11-3-9(5-18)4-12-13(11)22-2-1-21(12)7-10-6-19-8-20-10/h3-4,6,8H,1-2,7H2,(H,19,20). The first-order valence-electron chi connectivity index (χ1n) is 6.49.